The second-order valence-electron chi connectivity index (χ2n) is 3.88. The lowest BCUT2D eigenvalue weighted by molar-refractivity contribution is -0.141. The molecule has 1 aromatic carbocycles. The molecule has 0 radical (unpaired) electrons. The first-order chi connectivity index (χ1) is 8.00. The number of hydrogen-bond donors (Lipinski definition) is 2. The van der Waals surface area contributed by atoms with Crippen LogP contribution in [0.25, 0.3) is 0 Å². The molecule has 0 bridgehead atoms. The lowest BCUT2D eigenvalue weighted by atomic mass is 10.00. The molecule has 0 saturated heterocycles. The minimum absolute atomic E-state index is 0.00218. The summed E-state index contributed by atoms with van der Waals surface area (Å²) in [5, 5.41) is 18.8. The Morgan fingerprint density at radius 1 is 1.59 bits per heavy atom. The minimum Gasteiger partial charge on any atom is -0.506 e. The third kappa shape index (κ3) is 2.17. The second kappa shape index (κ2) is 4.44. The zero-order valence-corrected chi connectivity index (χ0v) is 10.7. The van der Waals surface area contributed by atoms with E-state index < -0.39 is 11.9 Å². The predicted octanol–water partition coefficient (Wildman–Crippen LogP) is 2.15. The highest BCUT2D eigenvalue weighted by molar-refractivity contribution is 9.10. The van der Waals surface area contributed by atoms with Crippen molar-refractivity contribution in [1.82, 2.24) is 0 Å². The van der Waals surface area contributed by atoms with E-state index in [-0.39, 0.29) is 19.0 Å². The van der Waals surface area contributed by atoms with E-state index in [1.54, 1.807) is 13.0 Å². The Morgan fingerprint density at radius 3 is 2.94 bits per heavy atom. The minimum atomic E-state index is -0.904. The van der Waals surface area contributed by atoms with E-state index in [2.05, 4.69) is 15.9 Å². The summed E-state index contributed by atoms with van der Waals surface area (Å²) in [6.45, 7) is 1.69. The van der Waals surface area contributed by atoms with Gasteiger partial charge in [0.05, 0.1) is 5.92 Å². The van der Waals surface area contributed by atoms with Crippen molar-refractivity contribution in [2.45, 2.75) is 13.3 Å². The fraction of sp³-hybridized carbons (Fsp3) is 0.364. The zero-order valence-electron chi connectivity index (χ0n) is 9.07. The molecule has 0 amide bonds. The summed E-state index contributed by atoms with van der Waals surface area (Å²) in [7, 11) is 0. The number of aromatic hydroxyl groups is 1. The van der Waals surface area contributed by atoms with Crippen molar-refractivity contribution >= 4 is 21.9 Å². The van der Waals surface area contributed by atoms with E-state index >= 15 is 0 Å². The Balaban J connectivity index is 2.36. The summed E-state index contributed by atoms with van der Waals surface area (Å²) >= 11 is 3.21. The van der Waals surface area contributed by atoms with Gasteiger partial charge in [0.1, 0.15) is 10.2 Å². The number of benzene rings is 1. The van der Waals surface area contributed by atoms with E-state index in [9.17, 15) is 9.90 Å². The molecule has 92 valence electrons. The van der Waals surface area contributed by atoms with E-state index in [1.807, 2.05) is 0 Å². The molecule has 1 heterocycles. The number of carboxylic acids is 1. The van der Waals surface area contributed by atoms with Crippen LogP contribution in [0.4, 0.5) is 0 Å². The lowest BCUT2D eigenvalue weighted by Crippen LogP contribution is -2.12. The van der Waals surface area contributed by atoms with Crippen molar-refractivity contribution in [1.29, 1.82) is 0 Å². The second-order valence-corrected chi connectivity index (χ2v) is 4.67. The Morgan fingerprint density at radius 2 is 2.29 bits per heavy atom. The Labute approximate surface area is 106 Å². The van der Waals surface area contributed by atoms with Crippen LogP contribution in [0.1, 0.15) is 12.5 Å². The first kappa shape index (κ1) is 12.0. The number of hydrogen-bond acceptors (Lipinski definition) is 4. The molecule has 1 aromatic rings. The number of halogens is 1. The zero-order chi connectivity index (χ0) is 12.6. The first-order valence-electron chi connectivity index (χ1n) is 5.03. The SMILES string of the molecule is CC(Cc1cc2c(c(Br)c1O)OCO2)C(=O)O. The van der Waals surface area contributed by atoms with Crippen molar-refractivity contribution in [2.24, 2.45) is 5.92 Å². The fourth-order valence-electron chi connectivity index (χ4n) is 1.62. The quantitative estimate of drug-likeness (QED) is 0.895. The van der Waals surface area contributed by atoms with Gasteiger partial charge < -0.3 is 19.7 Å². The Bertz CT molecular complexity index is 471. The molecular formula is C11H11BrO5. The Kier molecular flexibility index (Phi) is 3.15. The molecule has 1 unspecified atom stereocenters. The molecule has 5 nitrogen and oxygen atoms in total. The monoisotopic (exact) mass is 302 g/mol. The molecule has 0 aliphatic carbocycles. The summed E-state index contributed by atoms with van der Waals surface area (Å²) in [5.74, 6) is -0.509. The van der Waals surface area contributed by atoms with Crippen LogP contribution in [-0.4, -0.2) is 23.0 Å². The average molecular weight is 303 g/mol. The van der Waals surface area contributed by atoms with Crippen molar-refractivity contribution < 1.29 is 24.5 Å². The molecule has 2 rings (SSSR count). The largest absolute Gasteiger partial charge is 0.506 e. The van der Waals surface area contributed by atoms with Gasteiger partial charge in [-0.2, -0.15) is 0 Å². The van der Waals surface area contributed by atoms with Crippen LogP contribution in [0.5, 0.6) is 17.2 Å². The van der Waals surface area contributed by atoms with E-state index in [1.165, 1.54) is 0 Å². The lowest BCUT2D eigenvalue weighted by Gasteiger charge is -2.11. The summed E-state index contributed by atoms with van der Waals surface area (Å²) in [5.41, 5.74) is 0.524. The van der Waals surface area contributed by atoms with Gasteiger partial charge in [0.2, 0.25) is 6.79 Å². The normalized spacial score (nSPS) is 14.7. The van der Waals surface area contributed by atoms with E-state index in [4.69, 9.17) is 14.6 Å². The van der Waals surface area contributed by atoms with Gasteiger partial charge in [-0.25, -0.2) is 0 Å². The molecule has 0 saturated carbocycles. The van der Waals surface area contributed by atoms with Gasteiger partial charge in [0.15, 0.2) is 11.5 Å². The number of carbonyl (C=O) groups is 1. The van der Waals surface area contributed by atoms with E-state index in [0.29, 0.717) is 21.5 Å². The third-order valence-corrected chi connectivity index (χ3v) is 3.34. The molecule has 17 heavy (non-hydrogen) atoms. The van der Waals surface area contributed by atoms with Gasteiger partial charge >= 0.3 is 5.97 Å². The highest BCUT2D eigenvalue weighted by Gasteiger charge is 2.24. The topological polar surface area (TPSA) is 76.0 Å². The number of carboxylic acid groups (broad SMARTS) is 1. The number of phenolic OH excluding ortho intramolecular Hbond substituents is 1. The van der Waals surface area contributed by atoms with Crippen molar-refractivity contribution in [3.05, 3.63) is 16.1 Å². The molecule has 1 aliphatic rings. The predicted molar refractivity (Wildman–Crippen MR) is 62.4 cm³/mol. The molecule has 0 spiro atoms. The van der Waals surface area contributed by atoms with E-state index in [0.717, 1.165) is 0 Å². The molecular weight excluding hydrogens is 292 g/mol. The first-order valence-corrected chi connectivity index (χ1v) is 5.82. The van der Waals surface area contributed by atoms with Crippen LogP contribution >= 0.6 is 15.9 Å². The van der Waals surface area contributed by atoms with Crippen LogP contribution < -0.4 is 9.47 Å². The number of ether oxygens (including phenoxy) is 2. The number of aliphatic carboxylic acids is 1. The summed E-state index contributed by atoms with van der Waals surface area (Å²) in [6, 6.07) is 1.61. The van der Waals surface area contributed by atoms with Crippen molar-refractivity contribution in [3.8, 4) is 17.2 Å². The number of fused-ring (bicyclic) bond motifs is 1. The number of rotatable bonds is 3. The van der Waals surface area contributed by atoms with Gasteiger partial charge in [0.25, 0.3) is 0 Å². The van der Waals surface area contributed by atoms with Crippen LogP contribution in [-0.2, 0) is 11.2 Å². The van der Waals surface area contributed by atoms with Gasteiger partial charge in [-0.05, 0) is 34.0 Å². The maximum atomic E-state index is 10.8. The van der Waals surface area contributed by atoms with Crippen molar-refractivity contribution in [3.63, 3.8) is 0 Å². The van der Waals surface area contributed by atoms with Gasteiger partial charge in [-0.15, -0.1) is 0 Å². The molecule has 2 N–H and O–H groups in total. The summed E-state index contributed by atoms with van der Waals surface area (Å²) in [6.07, 6.45) is 0.233. The van der Waals surface area contributed by atoms with Gasteiger partial charge in [-0.1, -0.05) is 6.92 Å². The Hall–Kier alpha value is -1.43. The summed E-state index contributed by atoms with van der Waals surface area (Å²) in [4.78, 5) is 10.8. The van der Waals surface area contributed by atoms with Gasteiger partial charge in [-0.3, -0.25) is 4.79 Å². The van der Waals surface area contributed by atoms with Crippen LogP contribution in [0, 0.1) is 5.92 Å². The van der Waals surface area contributed by atoms with Crippen LogP contribution in [0.2, 0.25) is 0 Å². The molecule has 0 fully saturated rings. The van der Waals surface area contributed by atoms with Crippen LogP contribution in [0.15, 0.2) is 10.5 Å². The third-order valence-electron chi connectivity index (χ3n) is 2.61. The molecule has 1 atom stereocenters. The maximum absolute atomic E-state index is 10.8. The average Bonchev–Trinajstić information content (AvgIpc) is 2.73. The number of phenols is 1. The maximum Gasteiger partial charge on any atom is 0.306 e. The van der Waals surface area contributed by atoms with Crippen LogP contribution in [0.3, 0.4) is 0 Å². The highest BCUT2D eigenvalue weighted by Crippen LogP contribution is 2.46. The smallest absolute Gasteiger partial charge is 0.306 e. The molecule has 6 heteroatoms. The highest BCUT2D eigenvalue weighted by atomic mass is 79.9. The summed E-state index contributed by atoms with van der Waals surface area (Å²) < 4.78 is 10.8. The fourth-order valence-corrected chi connectivity index (χ4v) is 2.18. The standard InChI is InChI=1S/C11H11BrO5/c1-5(11(14)15)2-6-3-7-10(17-4-16-7)8(12)9(6)13/h3,5,13H,2,4H2,1H3,(H,14,15). The van der Waals surface area contributed by atoms with Crippen molar-refractivity contribution in [2.75, 3.05) is 6.79 Å². The molecule has 1 aliphatic heterocycles. The van der Waals surface area contributed by atoms with Gasteiger partial charge in [0, 0.05) is 0 Å². The molecule has 0 aromatic heterocycles.